The summed E-state index contributed by atoms with van der Waals surface area (Å²) in [4.78, 5) is 4.67. The Balaban J connectivity index is 2.45. The molecular formula is C18H24F2N2. The summed E-state index contributed by atoms with van der Waals surface area (Å²) in [6.45, 7) is 4.98. The standard InChI is InChI=1S/C18H24F2N2/c1-12(2)22-16-10-5-4-9-15(16)17(21)13-7-6-8-14(11-13)18(3,19)20/h6-8,11-12H,4-5,9-10,21H2,1-3H3/b17-15-,22-16?. The molecular weight excluding hydrogens is 282 g/mol. The van der Waals surface area contributed by atoms with Gasteiger partial charge in [0.05, 0.1) is 0 Å². The van der Waals surface area contributed by atoms with Gasteiger partial charge in [0.1, 0.15) is 0 Å². The number of rotatable bonds is 3. The molecule has 1 aliphatic rings. The van der Waals surface area contributed by atoms with Crippen molar-refractivity contribution in [3.8, 4) is 0 Å². The van der Waals surface area contributed by atoms with Crippen LogP contribution >= 0.6 is 0 Å². The van der Waals surface area contributed by atoms with E-state index < -0.39 is 5.92 Å². The zero-order valence-corrected chi connectivity index (χ0v) is 13.5. The van der Waals surface area contributed by atoms with Crippen molar-refractivity contribution >= 4 is 11.4 Å². The Hall–Kier alpha value is -1.71. The molecule has 0 heterocycles. The first kappa shape index (κ1) is 16.7. The van der Waals surface area contributed by atoms with Crippen LogP contribution in [0.1, 0.15) is 57.6 Å². The summed E-state index contributed by atoms with van der Waals surface area (Å²) in [6, 6.07) is 6.56. The molecule has 4 heteroatoms. The zero-order valence-electron chi connectivity index (χ0n) is 13.5. The Morgan fingerprint density at radius 1 is 1.23 bits per heavy atom. The van der Waals surface area contributed by atoms with E-state index in [1.165, 1.54) is 12.1 Å². The van der Waals surface area contributed by atoms with Crippen LogP contribution in [0.5, 0.6) is 0 Å². The maximum Gasteiger partial charge on any atom is 0.270 e. The van der Waals surface area contributed by atoms with E-state index in [1.807, 2.05) is 13.8 Å². The van der Waals surface area contributed by atoms with Crippen molar-refractivity contribution in [1.82, 2.24) is 0 Å². The Kier molecular flexibility index (Phi) is 4.99. The van der Waals surface area contributed by atoms with Crippen molar-refractivity contribution in [1.29, 1.82) is 0 Å². The van der Waals surface area contributed by atoms with Gasteiger partial charge in [0.15, 0.2) is 0 Å². The summed E-state index contributed by atoms with van der Waals surface area (Å²) < 4.78 is 27.0. The number of nitrogens with two attached hydrogens (primary N) is 1. The van der Waals surface area contributed by atoms with E-state index in [1.54, 1.807) is 12.1 Å². The van der Waals surface area contributed by atoms with Crippen molar-refractivity contribution < 1.29 is 8.78 Å². The second-order valence-electron chi connectivity index (χ2n) is 6.24. The van der Waals surface area contributed by atoms with Gasteiger partial charge >= 0.3 is 0 Å². The van der Waals surface area contributed by atoms with Crippen molar-refractivity contribution in [2.45, 2.75) is 58.4 Å². The van der Waals surface area contributed by atoms with Gasteiger partial charge in [-0.1, -0.05) is 18.2 Å². The van der Waals surface area contributed by atoms with Crippen molar-refractivity contribution in [2.24, 2.45) is 10.7 Å². The Bertz CT molecular complexity index is 595. The minimum atomic E-state index is -2.86. The van der Waals surface area contributed by atoms with Gasteiger partial charge in [0.25, 0.3) is 5.92 Å². The third-order valence-corrected chi connectivity index (χ3v) is 3.86. The quantitative estimate of drug-likeness (QED) is 0.848. The van der Waals surface area contributed by atoms with E-state index in [2.05, 4.69) is 4.99 Å². The predicted octanol–water partition coefficient (Wildman–Crippen LogP) is 4.89. The maximum absolute atomic E-state index is 13.5. The Morgan fingerprint density at radius 2 is 1.91 bits per heavy atom. The van der Waals surface area contributed by atoms with Crippen LogP contribution in [-0.2, 0) is 5.92 Å². The van der Waals surface area contributed by atoms with Gasteiger partial charge in [0, 0.05) is 29.9 Å². The number of hydrogen-bond donors (Lipinski definition) is 1. The summed E-state index contributed by atoms with van der Waals surface area (Å²) in [5.74, 6) is -2.86. The van der Waals surface area contributed by atoms with Crippen LogP contribution in [0.2, 0.25) is 0 Å². The monoisotopic (exact) mass is 306 g/mol. The van der Waals surface area contributed by atoms with Gasteiger partial charge < -0.3 is 5.73 Å². The molecule has 1 aliphatic carbocycles. The van der Waals surface area contributed by atoms with Crippen LogP contribution < -0.4 is 5.73 Å². The molecule has 1 aromatic carbocycles. The lowest BCUT2D eigenvalue weighted by atomic mass is 9.89. The molecule has 2 N–H and O–H groups in total. The van der Waals surface area contributed by atoms with Gasteiger partial charge in [-0.2, -0.15) is 0 Å². The minimum absolute atomic E-state index is 0.00768. The molecule has 0 aromatic heterocycles. The molecule has 0 bridgehead atoms. The number of halogens is 2. The fraction of sp³-hybridized carbons (Fsp3) is 0.500. The number of alkyl halides is 2. The molecule has 1 aromatic rings. The van der Waals surface area contributed by atoms with Gasteiger partial charge in [-0.05, 0) is 56.7 Å². The third kappa shape index (κ3) is 3.93. The van der Waals surface area contributed by atoms with Crippen LogP contribution in [-0.4, -0.2) is 11.8 Å². The Morgan fingerprint density at radius 3 is 2.55 bits per heavy atom. The average molecular weight is 306 g/mol. The van der Waals surface area contributed by atoms with E-state index in [4.69, 9.17) is 5.73 Å². The molecule has 1 fully saturated rings. The predicted molar refractivity (Wildman–Crippen MR) is 88.2 cm³/mol. The molecule has 2 nitrogen and oxygen atoms in total. The maximum atomic E-state index is 13.5. The lowest BCUT2D eigenvalue weighted by molar-refractivity contribution is 0.0174. The smallest absolute Gasteiger partial charge is 0.270 e. The molecule has 0 saturated heterocycles. The van der Waals surface area contributed by atoms with Crippen molar-refractivity contribution in [3.05, 3.63) is 41.0 Å². The summed E-state index contributed by atoms with van der Waals surface area (Å²) in [5, 5.41) is 0. The van der Waals surface area contributed by atoms with E-state index in [0.29, 0.717) is 11.3 Å². The number of allylic oxidation sites excluding steroid dienone is 1. The van der Waals surface area contributed by atoms with Gasteiger partial charge in [-0.25, -0.2) is 8.78 Å². The first-order valence-electron chi connectivity index (χ1n) is 7.83. The molecule has 0 spiro atoms. The topological polar surface area (TPSA) is 38.4 Å². The SMILES string of the molecule is CC(C)N=C1CCCC/C1=C(/N)c1cccc(C(C)(F)F)c1. The van der Waals surface area contributed by atoms with E-state index in [0.717, 1.165) is 43.9 Å². The van der Waals surface area contributed by atoms with Crippen LogP contribution in [0, 0.1) is 0 Å². The van der Waals surface area contributed by atoms with Crippen molar-refractivity contribution in [2.75, 3.05) is 0 Å². The lowest BCUT2D eigenvalue weighted by Gasteiger charge is -2.21. The summed E-state index contributed by atoms with van der Waals surface area (Å²) in [7, 11) is 0. The highest BCUT2D eigenvalue weighted by molar-refractivity contribution is 6.06. The number of nitrogens with zero attached hydrogens (tertiary/aromatic N) is 1. The van der Waals surface area contributed by atoms with Crippen LogP contribution in [0.25, 0.3) is 5.70 Å². The largest absolute Gasteiger partial charge is 0.398 e. The molecule has 0 amide bonds. The first-order chi connectivity index (χ1) is 10.3. The third-order valence-electron chi connectivity index (χ3n) is 3.86. The second kappa shape index (κ2) is 6.59. The van der Waals surface area contributed by atoms with E-state index >= 15 is 0 Å². The minimum Gasteiger partial charge on any atom is -0.398 e. The zero-order chi connectivity index (χ0) is 16.3. The molecule has 0 radical (unpaired) electrons. The van der Waals surface area contributed by atoms with Crippen molar-refractivity contribution in [3.63, 3.8) is 0 Å². The van der Waals surface area contributed by atoms with Crippen LogP contribution in [0.15, 0.2) is 34.8 Å². The Labute approximate surface area is 131 Å². The van der Waals surface area contributed by atoms with Crippen LogP contribution in [0.4, 0.5) is 8.78 Å². The highest BCUT2D eigenvalue weighted by Gasteiger charge is 2.25. The first-order valence-corrected chi connectivity index (χ1v) is 7.83. The van der Waals surface area contributed by atoms with Gasteiger partial charge in [-0.15, -0.1) is 0 Å². The fourth-order valence-electron chi connectivity index (χ4n) is 2.77. The molecule has 0 aliphatic heterocycles. The highest BCUT2D eigenvalue weighted by atomic mass is 19.3. The normalized spacial score (nSPS) is 20.5. The lowest BCUT2D eigenvalue weighted by Crippen LogP contribution is -2.17. The summed E-state index contributed by atoms with van der Waals surface area (Å²) in [5.41, 5.74) is 9.60. The molecule has 2 rings (SSSR count). The number of aliphatic imine (C=N–C) groups is 1. The number of hydrogen-bond acceptors (Lipinski definition) is 2. The summed E-state index contributed by atoms with van der Waals surface area (Å²) >= 11 is 0. The molecule has 0 atom stereocenters. The molecule has 22 heavy (non-hydrogen) atoms. The van der Waals surface area contributed by atoms with Gasteiger partial charge in [0.2, 0.25) is 0 Å². The number of benzene rings is 1. The summed E-state index contributed by atoms with van der Waals surface area (Å²) in [6.07, 6.45) is 3.95. The molecule has 1 saturated carbocycles. The van der Waals surface area contributed by atoms with E-state index in [9.17, 15) is 8.78 Å². The van der Waals surface area contributed by atoms with Gasteiger partial charge in [-0.3, -0.25) is 4.99 Å². The highest BCUT2D eigenvalue weighted by Crippen LogP contribution is 2.31. The average Bonchev–Trinajstić information content (AvgIpc) is 2.46. The molecule has 120 valence electrons. The molecule has 0 unspecified atom stereocenters. The fourth-order valence-corrected chi connectivity index (χ4v) is 2.77. The van der Waals surface area contributed by atoms with Crippen LogP contribution in [0.3, 0.4) is 0 Å². The second-order valence-corrected chi connectivity index (χ2v) is 6.24. The van der Waals surface area contributed by atoms with E-state index in [-0.39, 0.29) is 11.6 Å².